The van der Waals surface area contributed by atoms with E-state index < -0.39 is 11.9 Å². The number of hydrogen-bond donors (Lipinski definition) is 1. The number of aromatic nitrogens is 3. The second-order valence-electron chi connectivity index (χ2n) is 8.17. The van der Waals surface area contributed by atoms with Gasteiger partial charge in [0.2, 0.25) is 5.91 Å². The molecule has 192 valence electrons. The lowest BCUT2D eigenvalue weighted by atomic mass is 10.1. The summed E-state index contributed by atoms with van der Waals surface area (Å²) in [5.41, 5.74) is 1.38. The number of anilines is 1. The summed E-state index contributed by atoms with van der Waals surface area (Å²) in [6, 6.07) is 7.59. The van der Waals surface area contributed by atoms with Crippen LogP contribution >= 0.6 is 23.1 Å². The van der Waals surface area contributed by atoms with Crippen LogP contribution in [0, 0.1) is 12.8 Å². The van der Waals surface area contributed by atoms with Crippen LogP contribution in [0.5, 0.6) is 5.75 Å². The largest absolute Gasteiger partial charge is 0.493 e. The van der Waals surface area contributed by atoms with E-state index in [0.717, 1.165) is 22.6 Å². The molecule has 0 saturated heterocycles. The summed E-state index contributed by atoms with van der Waals surface area (Å²) in [5.74, 6) is 0.261. The highest BCUT2D eigenvalue weighted by atomic mass is 32.2. The summed E-state index contributed by atoms with van der Waals surface area (Å²) in [6.45, 7) is 6.42. The Morgan fingerprint density at radius 1 is 1.08 bits per heavy atom. The minimum atomic E-state index is -0.652. The van der Waals surface area contributed by atoms with Crippen molar-refractivity contribution in [1.82, 2.24) is 14.8 Å². The summed E-state index contributed by atoms with van der Waals surface area (Å²) in [6.07, 6.45) is 0. The Kier molecular flexibility index (Phi) is 9.10. The zero-order valence-electron chi connectivity index (χ0n) is 20.9. The van der Waals surface area contributed by atoms with Crippen molar-refractivity contribution >= 4 is 45.9 Å². The van der Waals surface area contributed by atoms with E-state index in [1.165, 1.54) is 26.0 Å². The number of carbonyl (C=O) groups is 3. The van der Waals surface area contributed by atoms with Gasteiger partial charge in [0.1, 0.15) is 15.6 Å². The molecule has 1 aromatic carbocycles. The van der Waals surface area contributed by atoms with E-state index in [2.05, 4.69) is 29.4 Å². The molecule has 0 atom stereocenters. The Balaban J connectivity index is 1.68. The number of thiophene rings is 1. The number of esters is 2. The lowest BCUT2D eigenvalue weighted by Gasteiger charge is -2.09. The van der Waals surface area contributed by atoms with Crippen LogP contribution in [0.3, 0.4) is 0 Å². The monoisotopic (exact) mass is 532 g/mol. The van der Waals surface area contributed by atoms with Gasteiger partial charge in [-0.15, -0.1) is 21.5 Å². The van der Waals surface area contributed by atoms with Gasteiger partial charge in [-0.05, 0) is 42.7 Å². The van der Waals surface area contributed by atoms with Crippen LogP contribution in [0.2, 0.25) is 0 Å². The number of thioether (sulfide) groups is 1. The van der Waals surface area contributed by atoms with Crippen LogP contribution in [-0.4, -0.2) is 59.2 Å². The average molecular weight is 533 g/mol. The van der Waals surface area contributed by atoms with Crippen molar-refractivity contribution in [3.05, 3.63) is 40.3 Å². The third kappa shape index (κ3) is 6.24. The topological polar surface area (TPSA) is 122 Å². The molecule has 10 nitrogen and oxygen atoms in total. The maximum atomic E-state index is 12.7. The molecule has 0 bridgehead atoms. The molecular weight excluding hydrogens is 504 g/mol. The molecule has 36 heavy (non-hydrogen) atoms. The number of benzene rings is 1. The molecule has 3 rings (SSSR count). The number of carbonyl (C=O) groups excluding carboxylic acids is 3. The zero-order chi connectivity index (χ0) is 26.4. The predicted molar refractivity (Wildman–Crippen MR) is 138 cm³/mol. The lowest BCUT2D eigenvalue weighted by Crippen LogP contribution is -2.16. The summed E-state index contributed by atoms with van der Waals surface area (Å²) in [7, 11) is 4.30. The summed E-state index contributed by atoms with van der Waals surface area (Å²) < 4.78 is 17.1. The Labute approximate surface area is 217 Å². The molecule has 0 radical (unpaired) electrons. The van der Waals surface area contributed by atoms with Crippen LogP contribution in [0.25, 0.3) is 11.4 Å². The van der Waals surface area contributed by atoms with Crippen molar-refractivity contribution in [3.8, 4) is 17.1 Å². The fourth-order valence-electron chi connectivity index (χ4n) is 3.18. The SMILES string of the molecule is COC(=O)c1sc(NC(=O)CSc2nnc(-c3ccc(OCC(C)C)cc3)n2C)c(C(=O)OC)c1C. The first-order valence-corrected chi connectivity index (χ1v) is 12.8. The molecule has 0 aliphatic rings. The molecule has 2 heterocycles. The molecule has 0 aliphatic carbocycles. The highest BCUT2D eigenvalue weighted by Gasteiger charge is 2.27. The zero-order valence-corrected chi connectivity index (χ0v) is 22.5. The van der Waals surface area contributed by atoms with Crippen LogP contribution in [0.4, 0.5) is 5.00 Å². The summed E-state index contributed by atoms with van der Waals surface area (Å²) in [4.78, 5) is 37.2. The summed E-state index contributed by atoms with van der Waals surface area (Å²) in [5, 5.41) is 11.9. The molecule has 1 N–H and O–H groups in total. The molecule has 0 aliphatic heterocycles. The van der Waals surface area contributed by atoms with Gasteiger partial charge in [0, 0.05) is 12.6 Å². The van der Waals surface area contributed by atoms with E-state index in [0.29, 0.717) is 29.1 Å². The van der Waals surface area contributed by atoms with E-state index in [1.54, 1.807) is 11.5 Å². The van der Waals surface area contributed by atoms with E-state index in [-0.39, 0.29) is 27.1 Å². The van der Waals surface area contributed by atoms with Gasteiger partial charge in [0.15, 0.2) is 11.0 Å². The minimum absolute atomic E-state index is 0.0130. The summed E-state index contributed by atoms with van der Waals surface area (Å²) >= 11 is 2.16. The predicted octanol–water partition coefficient (Wildman–Crippen LogP) is 4.19. The Morgan fingerprint density at radius 2 is 1.75 bits per heavy atom. The van der Waals surface area contributed by atoms with Gasteiger partial charge in [0.25, 0.3) is 0 Å². The quantitative estimate of drug-likeness (QED) is 0.302. The number of ether oxygens (including phenoxy) is 3. The van der Waals surface area contributed by atoms with Crippen LogP contribution in [-0.2, 0) is 21.3 Å². The van der Waals surface area contributed by atoms with Crippen molar-refractivity contribution in [1.29, 1.82) is 0 Å². The Bertz CT molecular complexity index is 1250. The molecular formula is C24H28N4O6S2. The fourth-order valence-corrected chi connectivity index (χ4v) is 5.03. The number of nitrogens with one attached hydrogen (secondary N) is 1. The number of nitrogens with zero attached hydrogens (tertiary/aromatic N) is 3. The molecule has 1 amide bonds. The Hall–Kier alpha value is -3.38. The molecule has 0 fully saturated rings. The van der Waals surface area contributed by atoms with Gasteiger partial charge >= 0.3 is 11.9 Å². The van der Waals surface area contributed by atoms with Gasteiger partial charge < -0.3 is 24.1 Å². The van der Waals surface area contributed by atoms with Crippen LogP contribution in [0.1, 0.15) is 39.4 Å². The maximum Gasteiger partial charge on any atom is 0.348 e. The van der Waals surface area contributed by atoms with E-state index >= 15 is 0 Å². The van der Waals surface area contributed by atoms with Crippen molar-refractivity contribution in [2.75, 3.05) is 31.9 Å². The van der Waals surface area contributed by atoms with Crippen LogP contribution < -0.4 is 10.1 Å². The molecule has 3 aromatic rings. The molecule has 2 aromatic heterocycles. The Morgan fingerprint density at radius 3 is 2.36 bits per heavy atom. The molecule has 0 unspecified atom stereocenters. The smallest absolute Gasteiger partial charge is 0.348 e. The van der Waals surface area contributed by atoms with E-state index in [9.17, 15) is 14.4 Å². The first-order chi connectivity index (χ1) is 17.2. The maximum absolute atomic E-state index is 12.7. The first kappa shape index (κ1) is 27.2. The second-order valence-corrected chi connectivity index (χ2v) is 10.1. The second kappa shape index (κ2) is 12.0. The highest BCUT2D eigenvalue weighted by Crippen LogP contribution is 2.34. The number of methoxy groups -OCH3 is 2. The van der Waals surface area contributed by atoms with Crippen LogP contribution in [0.15, 0.2) is 29.4 Å². The van der Waals surface area contributed by atoms with Crippen molar-refractivity contribution in [3.63, 3.8) is 0 Å². The molecule has 0 saturated carbocycles. The number of rotatable bonds is 10. The van der Waals surface area contributed by atoms with E-state index in [4.69, 9.17) is 14.2 Å². The van der Waals surface area contributed by atoms with Crippen molar-refractivity contribution in [2.45, 2.75) is 25.9 Å². The minimum Gasteiger partial charge on any atom is -0.493 e. The van der Waals surface area contributed by atoms with Gasteiger partial charge in [-0.3, -0.25) is 4.79 Å². The van der Waals surface area contributed by atoms with Gasteiger partial charge in [0.05, 0.1) is 32.1 Å². The lowest BCUT2D eigenvalue weighted by molar-refractivity contribution is -0.113. The first-order valence-electron chi connectivity index (χ1n) is 11.0. The van der Waals surface area contributed by atoms with Crippen molar-refractivity contribution < 1.29 is 28.6 Å². The third-order valence-corrected chi connectivity index (χ3v) is 7.23. The fraction of sp³-hybridized carbons (Fsp3) is 0.375. The molecule has 12 heteroatoms. The normalized spacial score (nSPS) is 10.9. The van der Waals surface area contributed by atoms with Crippen molar-refractivity contribution in [2.24, 2.45) is 13.0 Å². The number of amides is 1. The average Bonchev–Trinajstić information content (AvgIpc) is 3.39. The van der Waals surface area contributed by atoms with Gasteiger partial charge in [-0.25, -0.2) is 9.59 Å². The van der Waals surface area contributed by atoms with E-state index in [1.807, 2.05) is 31.3 Å². The molecule has 0 spiro atoms. The van der Waals surface area contributed by atoms with Gasteiger partial charge in [-0.1, -0.05) is 25.6 Å². The third-order valence-electron chi connectivity index (χ3n) is 5.02. The van der Waals surface area contributed by atoms with Gasteiger partial charge in [-0.2, -0.15) is 0 Å². The highest BCUT2D eigenvalue weighted by molar-refractivity contribution is 7.99. The number of hydrogen-bond acceptors (Lipinski definition) is 10. The standard InChI is InChI=1S/C24H28N4O6S2/c1-13(2)11-34-16-9-7-15(8-10-16)20-26-27-24(28(20)4)35-12-17(29)25-21-18(22(30)32-5)14(3)19(36-21)23(31)33-6/h7-10,13H,11-12H2,1-6H3,(H,25,29).